The molecule has 0 aliphatic heterocycles. The van der Waals surface area contributed by atoms with E-state index in [9.17, 15) is 0 Å². The summed E-state index contributed by atoms with van der Waals surface area (Å²) in [4.78, 5) is 0. The topological polar surface area (TPSA) is 47.3 Å². The van der Waals surface area contributed by atoms with Crippen molar-refractivity contribution < 1.29 is 4.74 Å². The highest BCUT2D eigenvalue weighted by molar-refractivity contribution is 5.02. The Labute approximate surface area is 93.8 Å². The van der Waals surface area contributed by atoms with Crippen LogP contribution in [0.25, 0.3) is 0 Å². The minimum absolute atomic E-state index is 0.242. The van der Waals surface area contributed by atoms with Crippen LogP contribution in [0.1, 0.15) is 34.1 Å². The van der Waals surface area contributed by atoms with Crippen molar-refractivity contribution in [2.24, 2.45) is 17.1 Å². The zero-order valence-electron chi connectivity index (χ0n) is 10.7. The molecule has 15 heavy (non-hydrogen) atoms. The summed E-state index contributed by atoms with van der Waals surface area (Å²) in [7, 11) is 1.79. The van der Waals surface area contributed by atoms with Crippen molar-refractivity contribution in [3.63, 3.8) is 0 Å². The van der Waals surface area contributed by atoms with Gasteiger partial charge in [0.1, 0.15) is 0 Å². The number of nitrogens with one attached hydrogen (secondary N) is 1. The molecule has 0 radical (unpaired) electrons. The van der Waals surface area contributed by atoms with Crippen molar-refractivity contribution in [2.45, 2.75) is 52.3 Å². The van der Waals surface area contributed by atoms with Crippen LogP contribution in [0.2, 0.25) is 0 Å². The normalized spacial score (nSPS) is 31.4. The third-order valence-electron chi connectivity index (χ3n) is 3.92. The minimum Gasteiger partial charge on any atom is -0.381 e. The van der Waals surface area contributed by atoms with Gasteiger partial charge in [0.25, 0.3) is 0 Å². The Morgan fingerprint density at radius 2 is 2.07 bits per heavy atom. The van der Waals surface area contributed by atoms with Crippen LogP contribution in [0.4, 0.5) is 0 Å². The van der Waals surface area contributed by atoms with E-state index in [4.69, 9.17) is 10.5 Å². The van der Waals surface area contributed by atoms with Gasteiger partial charge in [-0.1, -0.05) is 27.7 Å². The van der Waals surface area contributed by atoms with E-state index in [0.29, 0.717) is 18.1 Å². The first-order chi connectivity index (χ1) is 6.89. The summed E-state index contributed by atoms with van der Waals surface area (Å²) in [5.74, 6) is 0.541. The predicted molar refractivity (Wildman–Crippen MR) is 63.8 cm³/mol. The maximum atomic E-state index is 6.01. The lowest BCUT2D eigenvalue weighted by Crippen LogP contribution is -2.62. The highest BCUT2D eigenvalue weighted by atomic mass is 16.5. The van der Waals surface area contributed by atoms with E-state index < -0.39 is 0 Å². The fourth-order valence-corrected chi connectivity index (χ4v) is 2.15. The average molecular weight is 214 g/mol. The summed E-state index contributed by atoms with van der Waals surface area (Å²) < 4.78 is 5.41. The molecule has 0 spiro atoms. The van der Waals surface area contributed by atoms with E-state index in [1.165, 1.54) is 0 Å². The Hall–Kier alpha value is -0.120. The van der Waals surface area contributed by atoms with Gasteiger partial charge in [-0.05, 0) is 12.3 Å². The molecule has 1 fully saturated rings. The Morgan fingerprint density at radius 3 is 2.47 bits per heavy atom. The molecule has 3 atom stereocenters. The van der Waals surface area contributed by atoms with Crippen molar-refractivity contribution >= 4 is 0 Å². The lowest BCUT2D eigenvalue weighted by molar-refractivity contribution is -0.0977. The van der Waals surface area contributed by atoms with Gasteiger partial charge in [-0.25, -0.2) is 0 Å². The van der Waals surface area contributed by atoms with E-state index in [2.05, 4.69) is 33.0 Å². The molecule has 0 aromatic carbocycles. The number of nitrogens with two attached hydrogens (primary N) is 1. The third-order valence-corrected chi connectivity index (χ3v) is 3.92. The van der Waals surface area contributed by atoms with Crippen molar-refractivity contribution in [3.8, 4) is 0 Å². The molecule has 0 amide bonds. The standard InChI is InChI=1S/C12H26N2O/c1-8(2)9(13)7-14-10-6-11(15-5)12(10,3)4/h8-11,14H,6-7,13H2,1-5H3. The smallest absolute Gasteiger partial charge is 0.0652 e. The molecule has 0 bridgehead atoms. The molecule has 3 unspecified atom stereocenters. The van der Waals surface area contributed by atoms with Crippen LogP contribution in [-0.2, 0) is 4.74 Å². The molecule has 1 saturated carbocycles. The van der Waals surface area contributed by atoms with Crippen LogP contribution in [0, 0.1) is 11.3 Å². The zero-order valence-corrected chi connectivity index (χ0v) is 10.7. The summed E-state index contributed by atoms with van der Waals surface area (Å²) in [5.41, 5.74) is 6.25. The van der Waals surface area contributed by atoms with E-state index in [1.54, 1.807) is 7.11 Å². The zero-order chi connectivity index (χ0) is 11.6. The molecule has 3 nitrogen and oxygen atoms in total. The second-order valence-corrected chi connectivity index (χ2v) is 5.65. The SMILES string of the molecule is COC1CC(NCC(N)C(C)C)C1(C)C. The third kappa shape index (κ3) is 2.71. The van der Waals surface area contributed by atoms with Gasteiger partial charge in [-0.15, -0.1) is 0 Å². The molecule has 3 N–H and O–H groups in total. The Morgan fingerprint density at radius 1 is 1.47 bits per heavy atom. The molecule has 90 valence electrons. The monoisotopic (exact) mass is 214 g/mol. The van der Waals surface area contributed by atoms with E-state index in [1.807, 2.05) is 0 Å². The number of ether oxygens (including phenoxy) is 1. The largest absolute Gasteiger partial charge is 0.381 e. The molecular weight excluding hydrogens is 188 g/mol. The van der Waals surface area contributed by atoms with Gasteiger partial charge >= 0.3 is 0 Å². The highest BCUT2D eigenvalue weighted by Crippen LogP contribution is 2.42. The number of hydrogen-bond acceptors (Lipinski definition) is 3. The Balaban J connectivity index is 2.30. The first-order valence-corrected chi connectivity index (χ1v) is 5.91. The van der Waals surface area contributed by atoms with Crippen LogP contribution in [0.15, 0.2) is 0 Å². The van der Waals surface area contributed by atoms with Crippen molar-refractivity contribution in [3.05, 3.63) is 0 Å². The lowest BCUT2D eigenvalue weighted by atomic mass is 9.64. The van der Waals surface area contributed by atoms with Crippen LogP contribution < -0.4 is 11.1 Å². The van der Waals surface area contributed by atoms with Crippen LogP contribution in [0.5, 0.6) is 0 Å². The molecule has 0 heterocycles. The van der Waals surface area contributed by atoms with Gasteiger partial charge in [0, 0.05) is 31.2 Å². The van der Waals surface area contributed by atoms with Gasteiger partial charge in [-0.2, -0.15) is 0 Å². The van der Waals surface area contributed by atoms with Crippen molar-refractivity contribution in [2.75, 3.05) is 13.7 Å². The molecule has 1 aliphatic carbocycles. The molecule has 0 saturated heterocycles. The molecule has 3 heteroatoms. The highest BCUT2D eigenvalue weighted by Gasteiger charge is 2.48. The fourth-order valence-electron chi connectivity index (χ4n) is 2.15. The summed E-state index contributed by atoms with van der Waals surface area (Å²) in [6.07, 6.45) is 1.50. The Kier molecular flexibility index (Phi) is 4.15. The number of hydrogen-bond donors (Lipinski definition) is 2. The van der Waals surface area contributed by atoms with Gasteiger partial charge in [-0.3, -0.25) is 0 Å². The van der Waals surface area contributed by atoms with Gasteiger partial charge in [0.15, 0.2) is 0 Å². The summed E-state index contributed by atoms with van der Waals surface area (Å²) in [5, 5.41) is 3.55. The van der Waals surface area contributed by atoms with Gasteiger partial charge in [0.2, 0.25) is 0 Å². The fraction of sp³-hybridized carbons (Fsp3) is 1.00. The maximum absolute atomic E-state index is 6.01. The van der Waals surface area contributed by atoms with Crippen LogP contribution in [-0.4, -0.2) is 31.8 Å². The van der Waals surface area contributed by atoms with Crippen molar-refractivity contribution in [1.29, 1.82) is 0 Å². The average Bonchev–Trinajstić information content (AvgIpc) is 2.15. The van der Waals surface area contributed by atoms with E-state index >= 15 is 0 Å². The van der Waals surface area contributed by atoms with E-state index in [-0.39, 0.29) is 11.5 Å². The lowest BCUT2D eigenvalue weighted by Gasteiger charge is -2.51. The first-order valence-electron chi connectivity index (χ1n) is 5.91. The Bertz CT molecular complexity index is 204. The molecular formula is C12H26N2O. The first kappa shape index (κ1) is 12.9. The maximum Gasteiger partial charge on any atom is 0.0652 e. The molecule has 1 aliphatic rings. The molecule has 1 rings (SSSR count). The molecule has 0 aromatic heterocycles. The van der Waals surface area contributed by atoms with Crippen molar-refractivity contribution in [1.82, 2.24) is 5.32 Å². The predicted octanol–water partition coefficient (Wildman–Crippen LogP) is 1.37. The quantitative estimate of drug-likeness (QED) is 0.726. The van der Waals surface area contributed by atoms with Gasteiger partial charge < -0.3 is 15.8 Å². The van der Waals surface area contributed by atoms with Gasteiger partial charge in [0.05, 0.1) is 6.10 Å². The summed E-state index contributed by atoms with van der Waals surface area (Å²) >= 11 is 0. The van der Waals surface area contributed by atoms with Crippen LogP contribution in [0.3, 0.4) is 0 Å². The second kappa shape index (κ2) is 4.81. The second-order valence-electron chi connectivity index (χ2n) is 5.65. The van der Waals surface area contributed by atoms with E-state index in [0.717, 1.165) is 13.0 Å². The minimum atomic E-state index is 0.242. The summed E-state index contributed by atoms with van der Waals surface area (Å²) in [6.45, 7) is 9.74. The number of rotatable bonds is 5. The molecule has 0 aromatic rings. The summed E-state index contributed by atoms with van der Waals surface area (Å²) in [6, 6.07) is 0.801. The number of methoxy groups -OCH3 is 1. The van der Waals surface area contributed by atoms with Crippen LogP contribution >= 0.6 is 0 Å².